The molecule has 2 rings (SSSR count). The van der Waals surface area contributed by atoms with Crippen molar-refractivity contribution in [1.82, 2.24) is 5.32 Å². The molecule has 124 valence electrons. The molecule has 2 unspecified atom stereocenters. The summed E-state index contributed by atoms with van der Waals surface area (Å²) >= 11 is 1.67. The van der Waals surface area contributed by atoms with Gasteiger partial charge < -0.3 is 15.2 Å². The lowest BCUT2D eigenvalue weighted by molar-refractivity contribution is 0.170. The Morgan fingerprint density at radius 2 is 1.96 bits per heavy atom. The standard InChI is InChI=1S/C19H25NO2S/c1-13-7-5-6-8-16(13)17(21)12-20-14(2)15-9-10-19(23-4)18(11-15)22-3/h5-11,14,17,20-21H,12H2,1-4H3. The number of hydrogen-bond acceptors (Lipinski definition) is 4. The molecular weight excluding hydrogens is 306 g/mol. The van der Waals surface area contributed by atoms with E-state index in [4.69, 9.17) is 4.74 Å². The van der Waals surface area contributed by atoms with Gasteiger partial charge in [0.2, 0.25) is 0 Å². The van der Waals surface area contributed by atoms with Crippen LogP contribution in [0.1, 0.15) is 35.8 Å². The molecule has 0 spiro atoms. The first-order valence-electron chi connectivity index (χ1n) is 7.75. The largest absolute Gasteiger partial charge is 0.496 e. The van der Waals surface area contributed by atoms with Crippen LogP contribution in [0, 0.1) is 6.92 Å². The van der Waals surface area contributed by atoms with Crippen molar-refractivity contribution in [3.8, 4) is 5.75 Å². The van der Waals surface area contributed by atoms with Crippen LogP contribution in [0.4, 0.5) is 0 Å². The van der Waals surface area contributed by atoms with Crippen LogP contribution >= 0.6 is 11.8 Å². The lowest BCUT2D eigenvalue weighted by atomic mass is 10.0. The average Bonchev–Trinajstić information content (AvgIpc) is 2.59. The predicted molar refractivity (Wildman–Crippen MR) is 97.3 cm³/mol. The van der Waals surface area contributed by atoms with Gasteiger partial charge in [-0.15, -0.1) is 11.8 Å². The zero-order valence-corrected chi connectivity index (χ0v) is 15.0. The third-order valence-electron chi connectivity index (χ3n) is 4.07. The summed E-state index contributed by atoms with van der Waals surface area (Å²) in [4.78, 5) is 1.13. The second-order valence-electron chi connectivity index (χ2n) is 5.62. The van der Waals surface area contributed by atoms with Crippen LogP contribution in [0.2, 0.25) is 0 Å². The topological polar surface area (TPSA) is 41.5 Å². The summed E-state index contributed by atoms with van der Waals surface area (Å²) in [6.45, 7) is 4.63. The normalized spacial score (nSPS) is 13.6. The minimum Gasteiger partial charge on any atom is -0.496 e. The number of hydrogen-bond donors (Lipinski definition) is 2. The smallest absolute Gasteiger partial charge is 0.132 e. The maximum Gasteiger partial charge on any atom is 0.132 e. The first kappa shape index (κ1) is 17.9. The highest BCUT2D eigenvalue weighted by Crippen LogP contribution is 2.30. The van der Waals surface area contributed by atoms with Gasteiger partial charge in [-0.05, 0) is 48.9 Å². The van der Waals surface area contributed by atoms with Gasteiger partial charge in [0.1, 0.15) is 5.75 Å². The molecule has 0 saturated carbocycles. The molecule has 0 fully saturated rings. The highest BCUT2D eigenvalue weighted by molar-refractivity contribution is 7.98. The fourth-order valence-corrected chi connectivity index (χ4v) is 3.15. The van der Waals surface area contributed by atoms with Gasteiger partial charge in [-0.25, -0.2) is 0 Å². The van der Waals surface area contributed by atoms with Crippen molar-refractivity contribution in [2.24, 2.45) is 0 Å². The molecule has 0 aliphatic rings. The molecule has 0 aliphatic heterocycles. The molecule has 0 aromatic heterocycles. The maximum absolute atomic E-state index is 10.4. The Labute approximate surface area is 143 Å². The molecule has 2 atom stereocenters. The van der Waals surface area contributed by atoms with Crippen LogP contribution in [-0.2, 0) is 0 Å². The summed E-state index contributed by atoms with van der Waals surface area (Å²) in [5.74, 6) is 0.892. The molecule has 0 bridgehead atoms. The van der Waals surface area contributed by atoms with Crippen LogP contribution in [0.5, 0.6) is 5.75 Å². The van der Waals surface area contributed by atoms with Crippen LogP contribution in [0.3, 0.4) is 0 Å². The molecule has 2 aromatic carbocycles. The molecule has 0 heterocycles. The summed E-state index contributed by atoms with van der Waals surface area (Å²) in [6.07, 6.45) is 1.53. The Balaban J connectivity index is 2.02. The third kappa shape index (κ3) is 4.50. The van der Waals surface area contributed by atoms with E-state index < -0.39 is 6.10 Å². The highest BCUT2D eigenvalue weighted by Gasteiger charge is 2.13. The quantitative estimate of drug-likeness (QED) is 0.749. The van der Waals surface area contributed by atoms with Gasteiger partial charge >= 0.3 is 0 Å². The Bertz CT molecular complexity index is 645. The number of rotatable bonds is 7. The van der Waals surface area contributed by atoms with E-state index in [2.05, 4.69) is 30.4 Å². The number of aryl methyl sites for hydroxylation is 1. The molecule has 4 heteroatoms. The number of thioether (sulfide) groups is 1. The molecule has 0 saturated heterocycles. The van der Waals surface area contributed by atoms with Crippen molar-refractivity contribution >= 4 is 11.8 Å². The summed E-state index contributed by atoms with van der Waals surface area (Å²) in [5, 5.41) is 13.8. The predicted octanol–water partition coefficient (Wildman–Crippen LogP) is 4.11. The molecule has 2 aromatic rings. The fraction of sp³-hybridized carbons (Fsp3) is 0.368. The molecular formula is C19H25NO2S. The summed E-state index contributed by atoms with van der Waals surface area (Å²) < 4.78 is 5.44. The van der Waals surface area contributed by atoms with Crippen LogP contribution in [0.25, 0.3) is 0 Å². The first-order chi connectivity index (χ1) is 11.1. The second-order valence-corrected chi connectivity index (χ2v) is 6.46. The number of aliphatic hydroxyl groups excluding tert-OH is 1. The van der Waals surface area contributed by atoms with Crippen molar-refractivity contribution in [2.45, 2.75) is 30.9 Å². The van der Waals surface area contributed by atoms with E-state index in [9.17, 15) is 5.11 Å². The van der Waals surface area contributed by atoms with E-state index in [1.54, 1.807) is 18.9 Å². The second kappa shape index (κ2) is 8.39. The number of benzene rings is 2. The minimum absolute atomic E-state index is 0.137. The van der Waals surface area contributed by atoms with E-state index in [0.717, 1.165) is 27.3 Å². The van der Waals surface area contributed by atoms with E-state index in [1.165, 1.54) is 0 Å². The van der Waals surface area contributed by atoms with Crippen LogP contribution < -0.4 is 10.1 Å². The lowest BCUT2D eigenvalue weighted by Gasteiger charge is -2.20. The molecule has 0 radical (unpaired) electrons. The number of nitrogens with one attached hydrogen (secondary N) is 1. The molecule has 0 amide bonds. The van der Waals surface area contributed by atoms with Gasteiger partial charge in [0.15, 0.2) is 0 Å². The number of ether oxygens (including phenoxy) is 1. The minimum atomic E-state index is -0.508. The van der Waals surface area contributed by atoms with Crippen LogP contribution in [-0.4, -0.2) is 25.0 Å². The van der Waals surface area contributed by atoms with Crippen molar-refractivity contribution in [2.75, 3.05) is 19.9 Å². The maximum atomic E-state index is 10.4. The third-order valence-corrected chi connectivity index (χ3v) is 4.85. The van der Waals surface area contributed by atoms with Crippen molar-refractivity contribution < 1.29 is 9.84 Å². The average molecular weight is 331 g/mol. The lowest BCUT2D eigenvalue weighted by Crippen LogP contribution is -2.25. The summed E-state index contributed by atoms with van der Waals surface area (Å²) in [6, 6.07) is 14.3. The Kier molecular flexibility index (Phi) is 6.51. The summed E-state index contributed by atoms with van der Waals surface area (Å²) in [5.41, 5.74) is 3.24. The van der Waals surface area contributed by atoms with Gasteiger partial charge in [-0.3, -0.25) is 0 Å². The monoisotopic (exact) mass is 331 g/mol. The zero-order chi connectivity index (χ0) is 16.8. The molecule has 0 aliphatic carbocycles. The highest BCUT2D eigenvalue weighted by atomic mass is 32.2. The van der Waals surface area contributed by atoms with Gasteiger partial charge in [-0.2, -0.15) is 0 Å². The van der Waals surface area contributed by atoms with Crippen molar-refractivity contribution in [3.63, 3.8) is 0 Å². The van der Waals surface area contributed by atoms with E-state index in [-0.39, 0.29) is 6.04 Å². The Morgan fingerprint density at radius 3 is 2.61 bits per heavy atom. The van der Waals surface area contributed by atoms with Gasteiger partial charge in [0.05, 0.1) is 13.2 Å². The fourth-order valence-electron chi connectivity index (χ4n) is 2.60. The Hall–Kier alpha value is -1.49. The molecule has 23 heavy (non-hydrogen) atoms. The number of aliphatic hydroxyl groups is 1. The van der Waals surface area contributed by atoms with Gasteiger partial charge in [-0.1, -0.05) is 30.3 Å². The first-order valence-corrected chi connectivity index (χ1v) is 8.98. The SMILES string of the molecule is COc1cc(C(C)NCC(O)c2ccccc2C)ccc1SC. The molecule has 3 nitrogen and oxygen atoms in total. The molecule has 2 N–H and O–H groups in total. The van der Waals surface area contributed by atoms with Gasteiger partial charge in [0, 0.05) is 17.5 Å². The van der Waals surface area contributed by atoms with Crippen LogP contribution in [0.15, 0.2) is 47.4 Å². The van der Waals surface area contributed by atoms with Crippen molar-refractivity contribution in [1.29, 1.82) is 0 Å². The summed E-state index contributed by atoms with van der Waals surface area (Å²) in [7, 11) is 1.69. The Morgan fingerprint density at radius 1 is 1.22 bits per heavy atom. The van der Waals surface area contributed by atoms with E-state index in [1.807, 2.05) is 37.4 Å². The van der Waals surface area contributed by atoms with Gasteiger partial charge in [0.25, 0.3) is 0 Å². The van der Waals surface area contributed by atoms with E-state index in [0.29, 0.717) is 6.54 Å². The van der Waals surface area contributed by atoms with Crippen molar-refractivity contribution in [3.05, 3.63) is 59.2 Å². The van der Waals surface area contributed by atoms with E-state index >= 15 is 0 Å². The number of methoxy groups -OCH3 is 1. The zero-order valence-electron chi connectivity index (χ0n) is 14.2.